The molecule has 0 spiro atoms. The van der Waals surface area contributed by atoms with Crippen LogP contribution in [0.1, 0.15) is 4.88 Å². The monoisotopic (exact) mass is 309 g/mol. The van der Waals surface area contributed by atoms with Crippen LogP contribution < -0.4 is 16.7 Å². The highest BCUT2D eigenvalue weighted by Crippen LogP contribution is 2.20. The van der Waals surface area contributed by atoms with Crippen molar-refractivity contribution in [2.45, 2.75) is 6.54 Å². The maximum absolute atomic E-state index is 11.6. The molecule has 0 fully saturated rings. The van der Waals surface area contributed by atoms with E-state index in [2.05, 4.69) is 19.7 Å². The van der Waals surface area contributed by atoms with Crippen LogP contribution in [0, 0.1) is 0 Å². The number of aromatic amines is 1. The molecule has 2 N–H and O–H groups in total. The summed E-state index contributed by atoms with van der Waals surface area (Å²) >= 11 is 7.13. The number of hydrogen-bond acceptors (Lipinski definition) is 6. The molecule has 102 valence electrons. The van der Waals surface area contributed by atoms with Crippen molar-refractivity contribution in [1.82, 2.24) is 9.97 Å². The van der Waals surface area contributed by atoms with Gasteiger partial charge in [0.15, 0.2) is 4.47 Å². The fraction of sp³-hybridized carbons (Fsp3) is 0.0833. The van der Waals surface area contributed by atoms with Gasteiger partial charge in [-0.2, -0.15) is 0 Å². The zero-order valence-corrected chi connectivity index (χ0v) is 11.5. The largest absolute Gasteiger partial charge is 0.419 e. The van der Waals surface area contributed by atoms with E-state index in [-0.39, 0.29) is 0 Å². The molecule has 2 aromatic heterocycles. The Morgan fingerprint density at radius 1 is 1.40 bits per heavy atom. The van der Waals surface area contributed by atoms with E-state index in [0.717, 1.165) is 10.6 Å². The number of fused-ring (bicyclic) bond motifs is 1. The number of thiazole rings is 1. The van der Waals surface area contributed by atoms with Gasteiger partial charge in [0.1, 0.15) is 0 Å². The van der Waals surface area contributed by atoms with Gasteiger partial charge in [0, 0.05) is 16.8 Å². The summed E-state index contributed by atoms with van der Waals surface area (Å²) in [5.41, 5.74) is 0.521. The van der Waals surface area contributed by atoms with Crippen molar-refractivity contribution < 1.29 is 4.42 Å². The van der Waals surface area contributed by atoms with Gasteiger partial charge in [-0.1, -0.05) is 11.6 Å². The summed E-state index contributed by atoms with van der Waals surface area (Å²) in [6.45, 7) is 0.546. The van der Waals surface area contributed by atoms with Crippen LogP contribution in [0.15, 0.2) is 38.4 Å². The molecule has 3 rings (SSSR count). The molecule has 1 aromatic carbocycles. The Balaban J connectivity index is 1.89. The molecule has 0 unspecified atom stereocenters. The van der Waals surface area contributed by atoms with E-state index in [1.54, 1.807) is 24.4 Å². The van der Waals surface area contributed by atoms with Crippen molar-refractivity contribution in [1.29, 1.82) is 0 Å². The summed E-state index contributed by atoms with van der Waals surface area (Å²) < 4.78 is 4.98. The minimum Gasteiger partial charge on any atom is -0.380 e. The number of anilines is 1. The fourth-order valence-electron chi connectivity index (χ4n) is 1.76. The van der Waals surface area contributed by atoms with Crippen LogP contribution >= 0.6 is 22.9 Å². The van der Waals surface area contributed by atoms with Crippen LogP contribution in [0.5, 0.6) is 0 Å². The molecule has 0 aliphatic heterocycles. The highest BCUT2D eigenvalue weighted by Gasteiger charge is 2.05. The van der Waals surface area contributed by atoms with Crippen molar-refractivity contribution in [3.05, 3.63) is 54.7 Å². The molecule has 0 saturated carbocycles. The van der Waals surface area contributed by atoms with E-state index < -0.39 is 11.4 Å². The molecule has 20 heavy (non-hydrogen) atoms. The molecular weight excluding hydrogens is 302 g/mol. The first-order chi connectivity index (χ1) is 9.61. The summed E-state index contributed by atoms with van der Waals surface area (Å²) in [5, 5.41) is 3.46. The van der Waals surface area contributed by atoms with Gasteiger partial charge in [0.25, 0.3) is 0 Å². The summed E-state index contributed by atoms with van der Waals surface area (Å²) in [7, 11) is 0. The number of halogens is 1. The van der Waals surface area contributed by atoms with Gasteiger partial charge in [-0.15, -0.1) is 11.3 Å². The lowest BCUT2D eigenvalue weighted by molar-refractivity contribution is 0.460. The minimum absolute atomic E-state index is 0.317. The topological polar surface area (TPSA) is 88.0 Å². The average molecular weight is 310 g/mol. The number of rotatable bonds is 3. The Labute approximate surface area is 121 Å². The first-order valence-electron chi connectivity index (χ1n) is 5.63. The number of benzene rings is 1. The molecule has 0 aliphatic carbocycles. The van der Waals surface area contributed by atoms with Gasteiger partial charge in [-0.05, 0) is 18.2 Å². The molecule has 0 radical (unpaired) electrons. The third kappa shape index (κ3) is 2.59. The normalized spacial score (nSPS) is 10.8. The Kier molecular flexibility index (Phi) is 3.29. The molecule has 0 atom stereocenters. The number of nitrogens with zero attached hydrogens (tertiary/aromatic N) is 1. The van der Waals surface area contributed by atoms with Crippen molar-refractivity contribution in [2.24, 2.45) is 0 Å². The number of hydrogen-bond donors (Lipinski definition) is 2. The Bertz CT molecular complexity index is 883. The average Bonchev–Trinajstić information content (AvgIpc) is 2.82. The van der Waals surface area contributed by atoms with E-state index in [1.165, 1.54) is 11.3 Å². The molecule has 0 saturated heterocycles. The van der Waals surface area contributed by atoms with Crippen molar-refractivity contribution in [3.63, 3.8) is 0 Å². The van der Waals surface area contributed by atoms with Gasteiger partial charge in [0.05, 0.1) is 17.4 Å². The zero-order chi connectivity index (χ0) is 14.1. The summed E-state index contributed by atoms with van der Waals surface area (Å²) in [6.07, 6.45) is 1.69. The lowest BCUT2D eigenvalue weighted by atomic mass is 10.2. The second kappa shape index (κ2) is 5.10. The van der Waals surface area contributed by atoms with Crippen LogP contribution in [-0.4, -0.2) is 9.97 Å². The highest BCUT2D eigenvalue weighted by atomic mass is 35.5. The lowest BCUT2D eigenvalue weighted by Gasteiger charge is -2.05. The lowest BCUT2D eigenvalue weighted by Crippen LogP contribution is -2.14. The van der Waals surface area contributed by atoms with Crippen LogP contribution in [-0.2, 0) is 6.54 Å². The summed E-state index contributed by atoms with van der Waals surface area (Å²) in [6, 6.07) is 5.04. The van der Waals surface area contributed by atoms with Crippen LogP contribution in [0.25, 0.3) is 10.9 Å². The van der Waals surface area contributed by atoms with E-state index in [4.69, 9.17) is 11.6 Å². The van der Waals surface area contributed by atoms with Gasteiger partial charge in [-0.25, -0.2) is 14.6 Å². The molecule has 2 heterocycles. The Morgan fingerprint density at radius 3 is 3.00 bits per heavy atom. The van der Waals surface area contributed by atoms with Crippen LogP contribution in [0.3, 0.4) is 0 Å². The maximum atomic E-state index is 11.6. The Hall–Kier alpha value is -2.12. The van der Waals surface area contributed by atoms with E-state index in [1.807, 2.05) is 0 Å². The first-order valence-corrected chi connectivity index (χ1v) is 6.82. The van der Waals surface area contributed by atoms with E-state index in [0.29, 0.717) is 21.9 Å². The number of nitrogens with one attached hydrogen (secondary N) is 2. The predicted octanol–water partition coefficient (Wildman–Crippen LogP) is 2.20. The molecule has 6 nitrogen and oxygen atoms in total. The number of H-pyrrole nitrogens is 1. The zero-order valence-electron chi connectivity index (χ0n) is 9.97. The standard InChI is InChI=1S/C12H8ClN3O3S/c13-11-15-5-7(20-11)4-14-6-1-2-9-8(3-6)10(17)19-12(18)16-9/h1-3,5,14H,4H2,(H,16,18). The fourth-order valence-corrected chi connectivity index (χ4v) is 2.68. The van der Waals surface area contributed by atoms with Gasteiger partial charge < -0.3 is 9.73 Å². The second-order valence-electron chi connectivity index (χ2n) is 4.00. The van der Waals surface area contributed by atoms with Crippen LogP contribution in [0.2, 0.25) is 4.47 Å². The number of aromatic nitrogens is 2. The highest BCUT2D eigenvalue weighted by molar-refractivity contribution is 7.15. The molecule has 8 heteroatoms. The Morgan fingerprint density at radius 2 is 2.25 bits per heavy atom. The van der Waals surface area contributed by atoms with E-state index in [9.17, 15) is 9.59 Å². The van der Waals surface area contributed by atoms with Crippen molar-refractivity contribution >= 4 is 39.5 Å². The quantitative estimate of drug-likeness (QED) is 0.774. The first kappa shape index (κ1) is 12.9. The van der Waals surface area contributed by atoms with Crippen LogP contribution in [0.4, 0.5) is 5.69 Å². The second-order valence-corrected chi connectivity index (χ2v) is 5.69. The molecule has 0 bridgehead atoms. The third-order valence-electron chi connectivity index (χ3n) is 2.65. The molecular formula is C12H8ClN3O3S. The van der Waals surface area contributed by atoms with Gasteiger partial charge >= 0.3 is 11.4 Å². The van der Waals surface area contributed by atoms with E-state index >= 15 is 0 Å². The van der Waals surface area contributed by atoms with Gasteiger partial charge in [-0.3, -0.25) is 4.98 Å². The predicted molar refractivity (Wildman–Crippen MR) is 77.6 cm³/mol. The third-order valence-corrected chi connectivity index (χ3v) is 3.77. The molecule has 0 aliphatic rings. The maximum Gasteiger partial charge on any atom is 0.419 e. The van der Waals surface area contributed by atoms with Crippen molar-refractivity contribution in [3.8, 4) is 0 Å². The van der Waals surface area contributed by atoms with Gasteiger partial charge in [0.2, 0.25) is 0 Å². The molecule has 3 aromatic rings. The van der Waals surface area contributed by atoms with Crippen molar-refractivity contribution in [2.75, 3.05) is 5.32 Å². The minimum atomic E-state index is -0.762. The SMILES string of the molecule is O=c1[nH]c2ccc(NCc3cnc(Cl)s3)cc2c(=O)o1. The summed E-state index contributed by atoms with van der Waals surface area (Å²) in [4.78, 5) is 30.0. The smallest absolute Gasteiger partial charge is 0.380 e. The molecule has 0 amide bonds. The summed E-state index contributed by atoms with van der Waals surface area (Å²) in [5.74, 6) is -0.762.